The number of halogens is 1. The van der Waals surface area contributed by atoms with Crippen molar-refractivity contribution in [2.24, 2.45) is 0 Å². The number of hydrogen-bond acceptors (Lipinski definition) is 3. The number of nitrogens with one attached hydrogen (secondary N) is 1. The number of anilines is 1. The maximum atomic E-state index is 12.6. The van der Waals surface area contributed by atoms with Crippen LogP contribution in [0.15, 0.2) is 36.7 Å². The molecule has 0 aliphatic heterocycles. The van der Waals surface area contributed by atoms with Gasteiger partial charge in [0, 0.05) is 6.54 Å². The molecule has 3 nitrogen and oxygen atoms in total. The highest BCUT2D eigenvalue weighted by molar-refractivity contribution is 5.31. The molecule has 1 heterocycles. The molecule has 0 spiro atoms. The molecular formula is C12H12FN3. The molecule has 0 unspecified atom stereocenters. The van der Waals surface area contributed by atoms with E-state index in [1.54, 1.807) is 0 Å². The van der Waals surface area contributed by atoms with Gasteiger partial charge in [-0.1, -0.05) is 24.3 Å². The molecule has 0 bridgehead atoms. The minimum atomic E-state index is -0.429. The molecule has 1 N–H and O–H groups in total. The largest absolute Gasteiger partial charge is 0.350 e. The second-order valence-corrected chi connectivity index (χ2v) is 3.50. The highest BCUT2D eigenvalue weighted by Gasteiger charge is 1.99. The SMILES string of the molecule is Cc1ccccc1CNc1ncc(F)cn1. The van der Waals surface area contributed by atoms with E-state index in [1.807, 2.05) is 31.2 Å². The van der Waals surface area contributed by atoms with E-state index in [9.17, 15) is 4.39 Å². The van der Waals surface area contributed by atoms with Gasteiger partial charge in [0.15, 0.2) is 5.82 Å². The highest BCUT2D eigenvalue weighted by Crippen LogP contribution is 2.08. The van der Waals surface area contributed by atoms with Gasteiger partial charge in [0.05, 0.1) is 12.4 Å². The van der Waals surface area contributed by atoms with Crippen molar-refractivity contribution in [2.45, 2.75) is 13.5 Å². The fourth-order valence-electron chi connectivity index (χ4n) is 1.39. The zero-order chi connectivity index (χ0) is 11.4. The van der Waals surface area contributed by atoms with Crippen LogP contribution in [0.1, 0.15) is 11.1 Å². The Labute approximate surface area is 93.4 Å². The minimum absolute atomic E-state index is 0.429. The van der Waals surface area contributed by atoms with Gasteiger partial charge >= 0.3 is 0 Å². The highest BCUT2D eigenvalue weighted by atomic mass is 19.1. The van der Waals surface area contributed by atoms with Gasteiger partial charge in [-0.25, -0.2) is 14.4 Å². The zero-order valence-electron chi connectivity index (χ0n) is 8.94. The van der Waals surface area contributed by atoms with E-state index in [0.717, 1.165) is 12.4 Å². The van der Waals surface area contributed by atoms with Crippen molar-refractivity contribution >= 4 is 5.95 Å². The summed E-state index contributed by atoms with van der Waals surface area (Å²) in [6.45, 7) is 2.68. The van der Waals surface area contributed by atoms with Gasteiger partial charge < -0.3 is 5.32 Å². The lowest BCUT2D eigenvalue weighted by atomic mass is 10.1. The summed E-state index contributed by atoms with van der Waals surface area (Å²) in [6.07, 6.45) is 2.29. The molecule has 16 heavy (non-hydrogen) atoms. The Morgan fingerprint density at radius 1 is 1.19 bits per heavy atom. The lowest BCUT2D eigenvalue weighted by Gasteiger charge is -2.06. The van der Waals surface area contributed by atoms with Crippen molar-refractivity contribution in [1.82, 2.24) is 9.97 Å². The number of aryl methyl sites for hydroxylation is 1. The first-order chi connectivity index (χ1) is 7.75. The summed E-state index contributed by atoms with van der Waals surface area (Å²) in [5.41, 5.74) is 2.38. The topological polar surface area (TPSA) is 37.8 Å². The maximum absolute atomic E-state index is 12.6. The number of aromatic nitrogens is 2. The Kier molecular flexibility index (Phi) is 3.10. The number of benzene rings is 1. The summed E-state index contributed by atoms with van der Waals surface area (Å²) in [4.78, 5) is 7.65. The zero-order valence-corrected chi connectivity index (χ0v) is 8.94. The number of nitrogens with zero attached hydrogens (tertiary/aromatic N) is 2. The van der Waals surface area contributed by atoms with E-state index < -0.39 is 5.82 Å². The van der Waals surface area contributed by atoms with Gasteiger partial charge in [-0.3, -0.25) is 0 Å². The Morgan fingerprint density at radius 2 is 1.88 bits per heavy atom. The number of rotatable bonds is 3. The van der Waals surface area contributed by atoms with E-state index in [-0.39, 0.29) is 0 Å². The van der Waals surface area contributed by atoms with Crippen LogP contribution in [0, 0.1) is 12.7 Å². The smallest absolute Gasteiger partial charge is 0.223 e. The molecule has 0 amide bonds. The predicted octanol–water partition coefficient (Wildman–Crippen LogP) is 2.54. The van der Waals surface area contributed by atoms with Crippen LogP contribution in [-0.2, 0) is 6.54 Å². The summed E-state index contributed by atoms with van der Waals surface area (Å²) in [5.74, 6) is 0.00564. The van der Waals surface area contributed by atoms with Crippen molar-refractivity contribution in [3.8, 4) is 0 Å². The average Bonchev–Trinajstić information content (AvgIpc) is 2.30. The Morgan fingerprint density at radius 3 is 2.56 bits per heavy atom. The van der Waals surface area contributed by atoms with Crippen LogP contribution in [0.5, 0.6) is 0 Å². The molecule has 0 radical (unpaired) electrons. The van der Waals surface area contributed by atoms with Crippen molar-refractivity contribution in [3.63, 3.8) is 0 Å². The van der Waals surface area contributed by atoms with Crippen LogP contribution in [0.4, 0.5) is 10.3 Å². The molecule has 0 fully saturated rings. The van der Waals surface area contributed by atoms with Crippen LogP contribution in [0.3, 0.4) is 0 Å². The van der Waals surface area contributed by atoms with Gasteiger partial charge in [0.2, 0.25) is 5.95 Å². The van der Waals surface area contributed by atoms with E-state index in [1.165, 1.54) is 11.1 Å². The van der Waals surface area contributed by atoms with Crippen LogP contribution >= 0.6 is 0 Å². The van der Waals surface area contributed by atoms with E-state index >= 15 is 0 Å². The summed E-state index contributed by atoms with van der Waals surface area (Å²) in [7, 11) is 0. The molecule has 0 aliphatic rings. The second-order valence-electron chi connectivity index (χ2n) is 3.50. The normalized spacial score (nSPS) is 10.1. The average molecular weight is 217 g/mol. The van der Waals surface area contributed by atoms with Gasteiger partial charge in [-0.2, -0.15) is 0 Å². The Balaban J connectivity index is 2.02. The molecule has 2 rings (SSSR count). The molecule has 0 saturated heterocycles. The summed E-state index contributed by atoms with van der Waals surface area (Å²) in [6, 6.07) is 8.05. The monoisotopic (exact) mass is 217 g/mol. The van der Waals surface area contributed by atoms with Gasteiger partial charge in [-0.05, 0) is 18.1 Å². The first-order valence-corrected chi connectivity index (χ1v) is 5.01. The molecule has 4 heteroatoms. The first-order valence-electron chi connectivity index (χ1n) is 5.01. The second kappa shape index (κ2) is 4.70. The first kappa shape index (κ1) is 10.5. The molecule has 82 valence electrons. The molecule has 2 aromatic rings. The third-order valence-electron chi connectivity index (χ3n) is 2.32. The number of hydrogen-bond donors (Lipinski definition) is 1. The molecule has 0 saturated carbocycles. The van der Waals surface area contributed by atoms with Crippen molar-refractivity contribution in [1.29, 1.82) is 0 Å². The Bertz CT molecular complexity index is 468. The fourth-order valence-corrected chi connectivity index (χ4v) is 1.39. The van der Waals surface area contributed by atoms with Crippen molar-refractivity contribution in [2.75, 3.05) is 5.32 Å². The van der Waals surface area contributed by atoms with Gasteiger partial charge in [-0.15, -0.1) is 0 Å². The van der Waals surface area contributed by atoms with Crippen LogP contribution in [-0.4, -0.2) is 9.97 Å². The molecule has 1 aromatic carbocycles. The maximum Gasteiger partial charge on any atom is 0.223 e. The molecule has 0 atom stereocenters. The van der Waals surface area contributed by atoms with Gasteiger partial charge in [0.25, 0.3) is 0 Å². The van der Waals surface area contributed by atoms with E-state index in [0.29, 0.717) is 12.5 Å². The lowest BCUT2D eigenvalue weighted by Crippen LogP contribution is -2.04. The quantitative estimate of drug-likeness (QED) is 0.858. The fraction of sp³-hybridized carbons (Fsp3) is 0.167. The molecule has 0 aliphatic carbocycles. The van der Waals surface area contributed by atoms with Crippen LogP contribution < -0.4 is 5.32 Å². The summed E-state index contributed by atoms with van der Waals surface area (Å²) >= 11 is 0. The molecule has 1 aromatic heterocycles. The third kappa shape index (κ3) is 2.53. The third-order valence-corrected chi connectivity index (χ3v) is 2.32. The standard InChI is InChI=1S/C12H12FN3/c1-9-4-2-3-5-10(9)6-14-12-15-7-11(13)8-16-12/h2-5,7-8H,6H2,1H3,(H,14,15,16). The van der Waals surface area contributed by atoms with Crippen LogP contribution in [0.25, 0.3) is 0 Å². The van der Waals surface area contributed by atoms with Crippen molar-refractivity contribution < 1.29 is 4.39 Å². The van der Waals surface area contributed by atoms with E-state index in [2.05, 4.69) is 15.3 Å². The summed E-state index contributed by atoms with van der Waals surface area (Å²) < 4.78 is 12.6. The van der Waals surface area contributed by atoms with E-state index in [4.69, 9.17) is 0 Å². The molecular weight excluding hydrogens is 205 g/mol. The summed E-state index contributed by atoms with van der Waals surface area (Å²) in [5, 5.41) is 3.04. The lowest BCUT2D eigenvalue weighted by molar-refractivity contribution is 0.614. The minimum Gasteiger partial charge on any atom is -0.350 e. The van der Waals surface area contributed by atoms with Crippen molar-refractivity contribution in [3.05, 3.63) is 53.6 Å². The van der Waals surface area contributed by atoms with Crippen LogP contribution in [0.2, 0.25) is 0 Å². The Hall–Kier alpha value is -1.97. The predicted molar refractivity (Wildman–Crippen MR) is 60.5 cm³/mol. The van der Waals surface area contributed by atoms with Gasteiger partial charge in [0.1, 0.15) is 0 Å².